The molecular weight excluding hydrogens is 280 g/mol. The van der Waals surface area contributed by atoms with Crippen molar-refractivity contribution in [2.45, 2.75) is 24.0 Å². The molecule has 1 aromatic heterocycles. The molecule has 1 fully saturated rings. The number of nitro benzene ring substituents is 1. The molecule has 2 heterocycles. The van der Waals surface area contributed by atoms with Crippen molar-refractivity contribution in [2.75, 3.05) is 12.3 Å². The number of hydrogen-bond acceptors (Lipinski definition) is 5. The highest BCUT2D eigenvalue weighted by Gasteiger charge is 2.20. The van der Waals surface area contributed by atoms with Crippen LogP contribution in [0.2, 0.25) is 0 Å². The van der Waals surface area contributed by atoms with E-state index in [-0.39, 0.29) is 11.7 Å². The summed E-state index contributed by atoms with van der Waals surface area (Å²) in [4.78, 5) is 17.4. The minimum absolute atomic E-state index is 0.00376. The molecule has 8 heteroatoms. The Morgan fingerprint density at radius 1 is 1.50 bits per heavy atom. The number of nitrogens with one attached hydrogen (secondary N) is 2. The van der Waals surface area contributed by atoms with E-state index in [0.29, 0.717) is 21.9 Å². The number of nitrogens with zero attached hydrogens (tertiary/aromatic N) is 2. The Labute approximate surface area is 117 Å². The van der Waals surface area contributed by atoms with Gasteiger partial charge in [0.2, 0.25) is 0 Å². The second-order valence-electron chi connectivity index (χ2n) is 4.81. The number of hydrogen-bond donors (Lipinski definition) is 2. The molecule has 0 unspecified atom stereocenters. The van der Waals surface area contributed by atoms with Crippen LogP contribution in [0.3, 0.4) is 0 Å². The zero-order valence-electron chi connectivity index (χ0n) is 10.7. The molecule has 0 amide bonds. The first-order valence-corrected chi connectivity index (χ1v) is 7.71. The van der Waals surface area contributed by atoms with Gasteiger partial charge in [0.05, 0.1) is 26.8 Å². The van der Waals surface area contributed by atoms with Crippen molar-refractivity contribution in [3.05, 3.63) is 28.3 Å². The van der Waals surface area contributed by atoms with Crippen LogP contribution >= 0.6 is 0 Å². The summed E-state index contributed by atoms with van der Waals surface area (Å²) in [6.45, 7) is 0.966. The Balaban J connectivity index is 1.84. The third kappa shape index (κ3) is 2.56. The second kappa shape index (κ2) is 5.29. The molecule has 2 aromatic rings. The van der Waals surface area contributed by atoms with Gasteiger partial charge in [-0.1, -0.05) is 0 Å². The number of aromatic amines is 1. The molecule has 0 spiro atoms. The molecule has 1 aliphatic rings. The fourth-order valence-electron chi connectivity index (χ4n) is 2.36. The SMILES string of the molecule is O=[N+]([O-])c1ccc2nc([S@@](=O)C[C@H]3CCCN3)[nH]c2c1. The number of imidazole rings is 1. The van der Waals surface area contributed by atoms with Gasteiger partial charge in [-0.15, -0.1) is 0 Å². The number of non-ortho nitro benzene ring substituents is 1. The highest BCUT2D eigenvalue weighted by atomic mass is 32.2. The van der Waals surface area contributed by atoms with Crippen LogP contribution < -0.4 is 5.32 Å². The van der Waals surface area contributed by atoms with E-state index in [9.17, 15) is 14.3 Å². The number of nitro groups is 1. The molecule has 7 nitrogen and oxygen atoms in total. The van der Waals surface area contributed by atoms with Gasteiger partial charge < -0.3 is 10.3 Å². The smallest absolute Gasteiger partial charge is 0.271 e. The van der Waals surface area contributed by atoms with Gasteiger partial charge in [-0.3, -0.25) is 14.3 Å². The highest BCUT2D eigenvalue weighted by Crippen LogP contribution is 2.20. The fraction of sp³-hybridized carbons (Fsp3) is 0.417. The van der Waals surface area contributed by atoms with E-state index in [1.54, 1.807) is 6.07 Å². The van der Waals surface area contributed by atoms with Crippen LogP contribution in [0.1, 0.15) is 12.8 Å². The first-order valence-electron chi connectivity index (χ1n) is 6.39. The van der Waals surface area contributed by atoms with Gasteiger partial charge in [0.25, 0.3) is 5.69 Å². The third-order valence-electron chi connectivity index (χ3n) is 3.39. The van der Waals surface area contributed by atoms with Gasteiger partial charge in [-0.05, 0) is 25.5 Å². The number of H-pyrrole nitrogens is 1. The molecule has 1 aromatic carbocycles. The summed E-state index contributed by atoms with van der Waals surface area (Å²) >= 11 is 0. The molecule has 1 aliphatic heterocycles. The van der Waals surface area contributed by atoms with Crippen molar-refractivity contribution in [1.82, 2.24) is 15.3 Å². The molecule has 20 heavy (non-hydrogen) atoms. The number of aromatic nitrogens is 2. The summed E-state index contributed by atoms with van der Waals surface area (Å²) in [5, 5.41) is 14.4. The van der Waals surface area contributed by atoms with Gasteiger partial charge in [0.15, 0.2) is 5.16 Å². The topological polar surface area (TPSA) is 101 Å². The number of benzene rings is 1. The van der Waals surface area contributed by atoms with Gasteiger partial charge >= 0.3 is 0 Å². The Hall–Kier alpha value is -1.80. The van der Waals surface area contributed by atoms with E-state index in [1.807, 2.05) is 0 Å². The van der Waals surface area contributed by atoms with Crippen molar-refractivity contribution in [3.63, 3.8) is 0 Å². The Bertz CT molecular complexity index is 678. The molecule has 0 aliphatic carbocycles. The van der Waals surface area contributed by atoms with Gasteiger partial charge in [0, 0.05) is 23.9 Å². The average Bonchev–Trinajstić information content (AvgIpc) is 3.05. The zero-order valence-corrected chi connectivity index (χ0v) is 11.5. The third-order valence-corrected chi connectivity index (χ3v) is 4.71. The molecule has 0 bridgehead atoms. The van der Waals surface area contributed by atoms with Crippen LogP contribution in [0.15, 0.2) is 23.4 Å². The normalized spacial score (nSPS) is 20.3. The maximum Gasteiger partial charge on any atom is 0.271 e. The summed E-state index contributed by atoms with van der Waals surface area (Å²) in [7, 11) is -1.22. The van der Waals surface area contributed by atoms with Crippen molar-refractivity contribution < 1.29 is 9.13 Å². The minimum atomic E-state index is -1.22. The fourth-order valence-corrected chi connectivity index (χ4v) is 3.59. The van der Waals surface area contributed by atoms with Crippen LogP contribution in [0.25, 0.3) is 11.0 Å². The Morgan fingerprint density at radius 3 is 3.05 bits per heavy atom. The van der Waals surface area contributed by atoms with Crippen molar-refractivity contribution in [3.8, 4) is 0 Å². The lowest BCUT2D eigenvalue weighted by Crippen LogP contribution is -2.27. The minimum Gasteiger partial charge on any atom is -0.331 e. The molecule has 1 saturated heterocycles. The first-order chi connectivity index (χ1) is 9.63. The van der Waals surface area contributed by atoms with Crippen molar-refractivity contribution in [1.29, 1.82) is 0 Å². The molecule has 3 rings (SSSR count). The number of fused-ring (bicyclic) bond motifs is 1. The molecular formula is C12H14N4O3S. The predicted molar refractivity (Wildman–Crippen MR) is 75.0 cm³/mol. The van der Waals surface area contributed by atoms with E-state index in [4.69, 9.17) is 0 Å². The lowest BCUT2D eigenvalue weighted by Gasteiger charge is -2.07. The molecule has 2 atom stereocenters. The molecule has 0 saturated carbocycles. The monoisotopic (exact) mass is 294 g/mol. The Morgan fingerprint density at radius 2 is 2.35 bits per heavy atom. The standard InChI is InChI=1S/C12H14N4O3S/c17-16(18)9-3-4-10-11(6-9)15-12(14-10)20(19)7-8-2-1-5-13-8/h3-4,6,8,13H,1-2,5,7H2,(H,14,15)/t8-,20+/m1/s1. The van der Waals surface area contributed by atoms with Crippen molar-refractivity contribution in [2.24, 2.45) is 0 Å². The maximum absolute atomic E-state index is 12.2. The highest BCUT2D eigenvalue weighted by molar-refractivity contribution is 7.84. The summed E-state index contributed by atoms with van der Waals surface area (Å²) < 4.78 is 12.2. The zero-order chi connectivity index (χ0) is 14.1. The van der Waals surface area contributed by atoms with Gasteiger partial charge in [0.1, 0.15) is 0 Å². The first kappa shape index (κ1) is 13.2. The maximum atomic E-state index is 12.2. The van der Waals surface area contributed by atoms with E-state index < -0.39 is 15.7 Å². The number of rotatable bonds is 4. The van der Waals surface area contributed by atoms with Crippen LogP contribution in [-0.4, -0.2) is 37.4 Å². The van der Waals surface area contributed by atoms with Gasteiger partial charge in [-0.25, -0.2) is 4.98 Å². The lowest BCUT2D eigenvalue weighted by atomic mass is 10.3. The van der Waals surface area contributed by atoms with Crippen LogP contribution in [0.4, 0.5) is 5.69 Å². The molecule has 106 valence electrons. The quantitative estimate of drug-likeness (QED) is 0.654. The summed E-state index contributed by atoms with van der Waals surface area (Å²) in [6, 6.07) is 4.64. The van der Waals surface area contributed by atoms with E-state index >= 15 is 0 Å². The Kier molecular flexibility index (Phi) is 3.49. The summed E-state index contributed by atoms with van der Waals surface area (Å²) in [6.07, 6.45) is 2.13. The van der Waals surface area contributed by atoms with Crippen LogP contribution in [-0.2, 0) is 10.8 Å². The van der Waals surface area contributed by atoms with E-state index in [0.717, 1.165) is 19.4 Å². The lowest BCUT2D eigenvalue weighted by molar-refractivity contribution is -0.384. The average molecular weight is 294 g/mol. The van der Waals surface area contributed by atoms with Gasteiger partial charge in [-0.2, -0.15) is 0 Å². The van der Waals surface area contributed by atoms with E-state index in [2.05, 4.69) is 15.3 Å². The van der Waals surface area contributed by atoms with Crippen molar-refractivity contribution >= 4 is 27.5 Å². The molecule has 2 N–H and O–H groups in total. The summed E-state index contributed by atoms with van der Waals surface area (Å²) in [5.74, 6) is 0.516. The largest absolute Gasteiger partial charge is 0.331 e. The summed E-state index contributed by atoms with van der Waals surface area (Å²) in [5.41, 5.74) is 1.14. The predicted octanol–water partition coefficient (Wildman–Crippen LogP) is 1.33. The van der Waals surface area contributed by atoms with Crippen LogP contribution in [0.5, 0.6) is 0 Å². The second-order valence-corrected chi connectivity index (χ2v) is 6.22. The van der Waals surface area contributed by atoms with E-state index in [1.165, 1.54) is 12.1 Å². The molecule has 0 radical (unpaired) electrons. The van der Waals surface area contributed by atoms with Crippen LogP contribution in [0, 0.1) is 10.1 Å².